The minimum Gasteiger partial charge on any atom is -0.383 e. The van der Waals surface area contributed by atoms with Crippen molar-refractivity contribution in [1.82, 2.24) is 15.1 Å². The molecule has 1 aromatic heterocycles. The van der Waals surface area contributed by atoms with E-state index in [4.69, 9.17) is 4.74 Å². The molecule has 0 radical (unpaired) electrons. The minimum absolute atomic E-state index is 0.217. The summed E-state index contributed by atoms with van der Waals surface area (Å²) in [6, 6.07) is 4.93. The predicted molar refractivity (Wildman–Crippen MR) is 83.7 cm³/mol. The van der Waals surface area contributed by atoms with E-state index in [2.05, 4.69) is 26.3 Å². The van der Waals surface area contributed by atoms with Crippen molar-refractivity contribution in [2.24, 2.45) is 0 Å². The Kier molecular flexibility index (Phi) is 5.90. The second kappa shape index (κ2) is 7.68. The molecule has 1 aromatic carbocycles. The molecule has 21 heavy (non-hydrogen) atoms. The van der Waals surface area contributed by atoms with Gasteiger partial charge in [0, 0.05) is 42.0 Å². The molecule has 0 aliphatic carbocycles. The third kappa shape index (κ3) is 4.62. The predicted octanol–water partition coefficient (Wildman–Crippen LogP) is 2.88. The number of halogens is 2. The molecule has 0 saturated heterocycles. The number of hydrogen-bond donors (Lipinski definition) is 1. The Morgan fingerprint density at radius 1 is 1.38 bits per heavy atom. The van der Waals surface area contributed by atoms with Gasteiger partial charge in [0.1, 0.15) is 5.82 Å². The second-order valence-electron chi connectivity index (χ2n) is 4.84. The number of rotatable bonds is 7. The zero-order valence-electron chi connectivity index (χ0n) is 12.2. The molecule has 0 amide bonds. The maximum absolute atomic E-state index is 13.8. The van der Waals surface area contributed by atoms with Gasteiger partial charge < -0.3 is 10.1 Å². The standard InChI is InChI=1S/C15H19BrFN3O/c1-11-13(8-18-5-6-21-2)10-20(19-11)9-12-7-14(16)3-4-15(12)17/h3-4,7,10,18H,5-6,8-9H2,1-2H3. The molecule has 0 atom stereocenters. The second-order valence-corrected chi connectivity index (χ2v) is 5.76. The molecule has 114 valence electrons. The van der Waals surface area contributed by atoms with E-state index >= 15 is 0 Å². The fourth-order valence-electron chi connectivity index (χ4n) is 2.05. The van der Waals surface area contributed by atoms with Crippen molar-refractivity contribution in [3.63, 3.8) is 0 Å². The lowest BCUT2D eigenvalue weighted by atomic mass is 10.2. The Labute approximate surface area is 132 Å². The molecule has 2 aromatic rings. The molecular formula is C15H19BrFN3O. The average molecular weight is 356 g/mol. The van der Waals surface area contributed by atoms with Gasteiger partial charge in [-0.05, 0) is 25.1 Å². The van der Waals surface area contributed by atoms with E-state index in [1.54, 1.807) is 23.9 Å². The van der Waals surface area contributed by atoms with Gasteiger partial charge in [-0.1, -0.05) is 15.9 Å². The number of ether oxygens (including phenoxy) is 1. The van der Waals surface area contributed by atoms with E-state index in [9.17, 15) is 4.39 Å². The lowest BCUT2D eigenvalue weighted by Crippen LogP contribution is -2.18. The monoisotopic (exact) mass is 355 g/mol. The summed E-state index contributed by atoms with van der Waals surface area (Å²) in [5.74, 6) is -0.217. The molecule has 4 nitrogen and oxygen atoms in total. The highest BCUT2D eigenvalue weighted by atomic mass is 79.9. The first-order chi connectivity index (χ1) is 10.1. The van der Waals surface area contributed by atoms with Crippen molar-refractivity contribution in [1.29, 1.82) is 0 Å². The lowest BCUT2D eigenvalue weighted by Gasteiger charge is -2.04. The van der Waals surface area contributed by atoms with Crippen LogP contribution in [0.2, 0.25) is 0 Å². The van der Waals surface area contributed by atoms with Crippen LogP contribution in [0.5, 0.6) is 0 Å². The van der Waals surface area contributed by atoms with Crippen molar-refractivity contribution in [3.05, 3.63) is 51.5 Å². The molecule has 6 heteroatoms. The maximum atomic E-state index is 13.8. The third-order valence-electron chi connectivity index (χ3n) is 3.19. The molecule has 1 N–H and O–H groups in total. The van der Waals surface area contributed by atoms with Crippen molar-refractivity contribution in [2.75, 3.05) is 20.3 Å². The van der Waals surface area contributed by atoms with Gasteiger partial charge in [0.15, 0.2) is 0 Å². The topological polar surface area (TPSA) is 39.1 Å². The van der Waals surface area contributed by atoms with Crippen molar-refractivity contribution in [3.8, 4) is 0 Å². The van der Waals surface area contributed by atoms with Gasteiger partial charge >= 0.3 is 0 Å². The summed E-state index contributed by atoms with van der Waals surface area (Å²) in [5, 5.41) is 7.72. The highest BCUT2D eigenvalue weighted by Crippen LogP contribution is 2.17. The number of methoxy groups -OCH3 is 1. The smallest absolute Gasteiger partial charge is 0.128 e. The van der Waals surface area contributed by atoms with Gasteiger partial charge in [0.2, 0.25) is 0 Å². The van der Waals surface area contributed by atoms with Gasteiger partial charge in [-0.15, -0.1) is 0 Å². The first kappa shape index (κ1) is 16.1. The number of aryl methyl sites for hydroxylation is 1. The zero-order valence-corrected chi connectivity index (χ0v) is 13.8. The van der Waals surface area contributed by atoms with Crippen LogP contribution in [-0.2, 0) is 17.8 Å². The summed E-state index contributed by atoms with van der Waals surface area (Å²) < 4.78 is 21.4. The van der Waals surface area contributed by atoms with Crippen molar-refractivity contribution >= 4 is 15.9 Å². The molecule has 0 fully saturated rings. The van der Waals surface area contributed by atoms with Crippen LogP contribution in [0.15, 0.2) is 28.9 Å². The van der Waals surface area contributed by atoms with Crippen LogP contribution in [0.4, 0.5) is 4.39 Å². The number of hydrogen-bond acceptors (Lipinski definition) is 3. The molecule has 2 rings (SSSR count). The van der Waals surface area contributed by atoms with Crippen LogP contribution >= 0.6 is 15.9 Å². The Balaban J connectivity index is 2.02. The van der Waals surface area contributed by atoms with E-state index in [0.29, 0.717) is 18.7 Å². The summed E-state index contributed by atoms with van der Waals surface area (Å²) in [6.45, 7) is 4.58. The van der Waals surface area contributed by atoms with Gasteiger partial charge in [-0.2, -0.15) is 5.10 Å². The molecule has 0 saturated carbocycles. The minimum atomic E-state index is -0.217. The molecule has 0 aliphatic rings. The zero-order chi connectivity index (χ0) is 15.2. The third-order valence-corrected chi connectivity index (χ3v) is 3.68. The highest BCUT2D eigenvalue weighted by Gasteiger charge is 2.08. The number of nitrogens with one attached hydrogen (secondary N) is 1. The van der Waals surface area contributed by atoms with E-state index in [1.807, 2.05) is 13.1 Å². The molecule has 0 bridgehead atoms. The summed E-state index contributed by atoms with van der Waals surface area (Å²) in [7, 11) is 1.68. The average Bonchev–Trinajstić information content (AvgIpc) is 2.79. The maximum Gasteiger partial charge on any atom is 0.128 e. The van der Waals surface area contributed by atoms with Crippen LogP contribution in [-0.4, -0.2) is 30.0 Å². The Morgan fingerprint density at radius 3 is 2.95 bits per heavy atom. The van der Waals surface area contributed by atoms with Crippen LogP contribution < -0.4 is 5.32 Å². The summed E-state index contributed by atoms with van der Waals surface area (Å²) >= 11 is 3.36. The first-order valence-electron chi connectivity index (χ1n) is 6.76. The van der Waals surface area contributed by atoms with E-state index in [0.717, 1.165) is 28.8 Å². The van der Waals surface area contributed by atoms with E-state index < -0.39 is 0 Å². The highest BCUT2D eigenvalue weighted by molar-refractivity contribution is 9.10. The van der Waals surface area contributed by atoms with Gasteiger partial charge in [0.25, 0.3) is 0 Å². The SMILES string of the molecule is COCCNCc1cn(Cc2cc(Br)ccc2F)nc1C. The largest absolute Gasteiger partial charge is 0.383 e. The first-order valence-corrected chi connectivity index (χ1v) is 7.56. The van der Waals surface area contributed by atoms with Gasteiger partial charge in [-0.3, -0.25) is 4.68 Å². The van der Waals surface area contributed by atoms with E-state index in [1.165, 1.54) is 6.07 Å². The Hall–Kier alpha value is -1.24. The fourth-order valence-corrected chi connectivity index (χ4v) is 2.46. The molecule has 0 aliphatic heterocycles. The molecule has 0 unspecified atom stereocenters. The Morgan fingerprint density at radius 2 is 2.19 bits per heavy atom. The molecular weight excluding hydrogens is 337 g/mol. The summed E-state index contributed by atoms with van der Waals surface area (Å²) in [6.07, 6.45) is 1.95. The van der Waals surface area contributed by atoms with Crippen molar-refractivity contribution in [2.45, 2.75) is 20.0 Å². The summed E-state index contributed by atoms with van der Waals surface area (Å²) in [4.78, 5) is 0. The van der Waals surface area contributed by atoms with Crippen LogP contribution in [0.3, 0.4) is 0 Å². The van der Waals surface area contributed by atoms with Crippen molar-refractivity contribution < 1.29 is 9.13 Å². The summed E-state index contributed by atoms with van der Waals surface area (Å²) in [5.41, 5.74) is 2.68. The normalized spacial score (nSPS) is 11.0. The van der Waals surface area contributed by atoms with E-state index in [-0.39, 0.29) is 5.82 Å². The lowest BCUT2D eigenvalue weighted by molar-refractivity contribution is 0.199. The number of benzene rings is 1. The van der Waals surface area contributed by atoms with Crippen LogP contribution in [0, 0.1) is 12.7 Å². The quantitative estimate of drug-likeness (QED) is 0.776. The van der Waals surface area contributed by atoms with Gasteiger partial charge in [0.05, 0.1) is 18.8 Å². The fraction of sp³-hybridized carbons (Fsp3) is 0.400. The molecule has 1 heterocycles. The Bertz CT molecular complexity index is 601. The number of nitrogens with zero attached hydrogens (tertiary/aromatic N) is 2. The molecule has 0 spiro atoms. The van der Waals surface area contributed by atoms with Crippen LogP contribution in [0.25, 0.3) is 0 Å². The van der Waals surface area contributed by atoms with Crippen LogP contribution in [0.1, 0.15) is 16.8 Å². The number of aromatic nitrogens is 2. The van der Waals surface area contributed by atoms with Gasteiger partial charge in [-0.25, -0.2) is 4.39 Å².